The van der Waals surface area contributed by atoms with Gasteiger partial charge in [-0.1, -0.05) is 0 Å². The van der Waals surface area contributed by atoms with Gasteiger partial charge in [0.2, 0.25) is 0 Å². The zero-order valence-corrected chi connectivity index (χ0v) is 12.0. The van der Waals surface area contributed by atoms with Gasteiger partial charge in [-0.05, 0) is 12.8 Å². The molecule has 2 rings (SSSR count). The summed E-state index contributed by atoms with van der Waals surface area (Å²) >= 11 is 0. The van der Waals surface area contributed by atoms with Crippen LogP contribution in [0.15, 0.2) is 0 Å². The molecule has 8 nitrogen and oxygen atoms in total. The third-order valence-electron chi connectivity index (χ3n) is 3.81. The van der Waals surface area contributed by atoms with Crippen molar-refractivity contribution < 1.29 is 28.2 Å². The molecule has 1 atom stereocenters. The van der Waals surface area contributed by atoms with E-state index in [1.807, 2.05) is 0 Å². The topological polar surface area (TPSA) is 107 Å². The normalized spacial score (nSPS) is 27.6. The van der Waals surface area contributed by atoms with E-state index in [9.17, 15) is 18.3 Å². The first-order valence-electron chi connectivity index (χ1n) is 6.65. The first-order valence-corrected chi connectivity index (χ1v) is 8.05. The largest absolute Gasteiger partial charge is 0.481 e. The second-order valence-corrected chi connectivity index (χ2v) is 6.92. The molecule has 0 aromatic rings. The van der Waals surface area contributed by atoms with Crippen LogP contribution in [0.5, 0.6) is 0 Å². The minimum absolute atomic E-state index is 0.182. The third-order valence-corrected chi connectivity index (χ3v) is 5.90. The van der Waals surface area contributed by atoms with Crippen molar-refractivity contribution in [1.82, 2.24) is 8.61 Å². The van der Waals surface area contributed by atoms with Gasteiger partial charge in [-0.3, -0.25) is 4.79 Å². The molecule has 2 saturated heterocycles. The van der Waals surface area contributed by atoms with Crippen LogP contribution in [0.3, 0.4) is 0 Å². The molecular weight excluding hydrogens is 288 g/mol. The van der Waals surface area contributed by atoms with Crippen LogP contribution < -0.4 is 0 Å². The summed E-state index contributed by atoms with van der Waals surface area (Å²) in [6, 6.07) is -0.564. The van der Waals surface area contributed by atoms with Gasteiger partial charge in [0.25, 0.3) is 10.2 Å². The molecule has 0 aromatic heterocycles. The number of aliphatic hydroxyl groups excluding tert-OH is 1. The number of aliphatic carboxylic acids is 1. The van der Waals surface area contributed by atoms with E-state index in [-0.39, 0.29) is 32.8 Å². The lowest BCUT2D eigenvalue weighted by molar-refractivity contribution is -0.142. The van der Waals surface area contributed by atoms with Crippen molar-refractivity contribution in [2.24, 2.45) is 5.92 Å². The average molecular weight is 308 g/mol. The fourth-order valence-electron chi connectivity index (χ4n) is 2.57. The molecule has 20 heavy (non-hydrogen) atoms. The van der Waals surface area contributed by atoms with Gasteiger partial charge in [0.15, 0.2) is 0 Å². The summed E-state index contributed by atoms with van der Waals surface area (Å²) in [7, 11) is -3.66. The van der Waals surface area contributed by atoms with Crippen LogP contribution in [0.4, 0.5) is 0 Å². The number of hydrogen-bond donors (Lipinski definition) is 2. The van der Waals surface area contributed by atoms with E-state index in [0.29, 0.717) is 19.4 Å². The predicted molar refractivity (Wildman–Crippen MR) is 69.3 cm³/mol. The summed E-state index contributed by atoms with van der Waals surface area (Å²) in [5.41, 5.74) is 0. The van der Waals surface area contributed by atoms with Crippen LogP contribution in [-0.2, 0) is 19.7 Å². The monoisotopic (exact) mass is 308 g/mol. The Morgan fingerprint density at radius 3 is 2.45 bits per heavy atom. The fourth-order valence-corrected chi connectivity index (χ4v) is 4.35. The van der Waals surface area contributed by atoms with E-state index in [1.54, 1.807) is 0 Å². The van der Waals surface area contributed by atoms with Gasteiger partial charge in [-0.15, -0.1) is 0 Å². The van der Waals surface area contributed by atoms with Crippen LogP contribution in [0.2, 0.25) is 0 Å². The Morgan fingerprint density at radius 2 is 1.90 bits per heavy atom. The summed E-state index contributed by atoms with van der Waals surface area (Å²) in [6.07, 6.45) is 0.644. The Bertz CT molecular complexity index is 446. The van der Waals surface area contributed by atoms with Gasteiger partial charge in [-0.25, -0.2) is 0 Å². The molecule has 2 N–H and O–H groups in total. The number of morpholine rings is 1. The molecule has 9 heteroatoms. The number of piperidine rings is 1. The number of rotatable bonds is 4. The van der Waals surface area contributed by atoms with Gasteiger partial charge in [-0.2, -0.15) is 17.0 Å². The maximum absolute atomic E-state index is 12.5. The first kappa shape index (κ1) is 15.6. The Hall–Kier alpha value is -0.740. The van der Waals surface area contributed by atoms with E-state index >= 15 is 0 Å². The van der Waals surface area contributed by atoms with Crippen LogP contribution in [0, 0.1) is 5.92 Å². The van der Waals surface area contributed by atoms with E-state index < -0.39 is 28.1 Å². The van der Waals surface area contributed by atoms with E-state index in [1.165, 1.54) is 8.61 Å². The molecule has 2 heterocycles. The molecule has 0 radical (unpaired) electrons. The Labute approximate surface area is 118 Å². The van der Waals surface area contributed by atoms with Crippen molar-refractivity contribution in [3.05, 3.63) is 0 Å². The second-order valence-electron chi connectivity index (χ2n) is 5.04. The zero-order valence-electron chi connectivity index (χ0n) is 11.1. The van der Waals surface area contributed by atoms with Crippen molar-refractivity contribution in [2.45, 2.75) is 18.9 Å². The van der Waals surface area contributed by atoms with Crippen molar-refractivity contribution in [2.75, 3.05) is 39.5 Å². The summed E-state index contributed by atoms with van der Waals surface area (Å²) in [5, 5.41) is 18.2. The number of carboxylic acid groups (broad SMARTS) is 1. The highest BCUT2D eigenvalue weighted by molar-refractivity contribution is 7.86. The number of carboxylic acids is 1. The molecule has 0 spiro atoms. The first-order chi connectivity index (χ1) is 9.46. The second kappa shape index (κ2) is 6.35. The summed E-state index contributed by atoms with van der Waals surface area (Å²) < 4.78 is 32.8. The average Bonchev–Trinajstić information content (AvgIpc) is 2.47. The van der Waals surface area contributed by atoms with Crippen LogP contribution in [-0.4, -0.2) is 78.7 Å². The lowest BCUT2D eigenvalue weighted by Gasteiger charge is -2.38. The maximum atomic E-state index is 12.5. The predicted octanol–water partition coefficient (Wildman–Crippen LogP) is -1.28. The molecule has 0 saturated carbocycles. The summed E-state index contributed by atoms with van der Waals surface area (Å²) in [4.78, 5) is 10.9. The van der Waals surface area contributed by atoms with E-state index in [0.717, 1.165) is 0 Å². The van der Waals surface area contributed by atoms with Gasteiger partial charge < -0.3 is 14.9 Å². The number of carbonyl (C=O) groups is 1. The Morgan fingerprint density at radius 1 is 1.25 bits per heavy atom. The fraction of sp³-hybridized carbons (Fsp3) is 0.909. The quantitative estimate of drug-likeness (QED) is 0.670. The molecule has 0 aliphatic carbocycles. The van der Waals surface area contributed by atoms with Crippen LogP contribution in [0.1, 0.15) is 12.8 Å². The number of hydrogen-bond acceptors (Lipinski definition) is 5. The number of nitrogens with zero attached hydrogens (tertiary/aromatic N) is 2. The zero-order chi connectivity index (χ0) is 14.8. The van der Waals surface area contributed by atoms with E-state index in [4.69, 9.17) is 9.84 Å². The van der Waals surface area contributed by atoms with E-state index in [2.05, 4.69) is 0 Å². The third kappa shape index (κ3) is 3.12. The maximum Gasteiger partial charge on any atom is 0.306 e. The molecule has 1 unspecified atom stereocenters. The van der Waals surface area contributed by atoms with Crippen molar-refractivity contribution in [3.63, 3.8) is 0 Å². The highest BCUT2D eigenvalue weighted by Crippen LogP contribution is 2.23. The Balaban J connectivity index is 2.05. The highest BCUT2D eigenvalue weighted by atomic mass is 32.2. The van der Waals surface area contributed by atoms with Gasteiger partial charge in [0.05, 0.1) is 31.8 Å². The van der Waals surface area contributed by atoms with Gasteiger partial charge in [0.1, 0.15) is 0 Å². The molecule has 0 amide bonds. The molecular formula is C11H20N2O6S. The lowest BCUT2D eigenvalue weighted by Crippen LogP contribution is -2.56. The standard InChI is InChI=1S/C11H20N2O6S/c14-7-10-8-19-6-5-13(10)20(17,18)12-3-1-9(2-4-12)11(15)16/h9-10,14H,1-8H2,(H,15,16). The molecule has 2 aliphatic heterocycles. The molecule has 116 valence electrons. The minimum Gasteiger partial charge on any atom is -0.481 e. The lowest BCUT2D eigenvalue weighted by atomic mass is 9.99. The smallest absolute Gasteiger partial charge is 0.306 e. The number of ether oxygens (including phenoxy) is 1. The van der Waals surface area contributed by atoms with Gasteiger partial charge in [0, 0.05) is 19.6 Å². The van der Waals surface area contributed by atoms with Crippen LogP contribution in [0.25, 0.3) is 0 Å². The van der Waals surface area contributed by atoms with Crippen molar-refractivity contribution in [3.8, 4) is 0 Å². The van der Waals surface area contributed by atoms with Crippen molar-refractivity contribution in [1.29, 1.82) is 0 Å². The molecule has 0 aromatic carbocycles. The van der Waals surface area contributed by atoms with Crippen LogP contribution >= 0.6 is 0 Å². The molecule has 0 bridgehead atoms. The summed E-state index contributed by atoms with van der Waals surface area (Å²) in [5.74, 6) is -1.35. The van der Waals surface area contributed by atoms with Gasteiger partial charge >= 0.3 is 5.97 Å². The van der Waals surface area contributed by atoms with Crippen molar-refractivity contribution >= 4 is 16.2 Å². The SMILES string of the molecule is O=C(O)C1CCN(S(=O)(=O)N2CCOCC2CO)CC1. The molecule has 2 fully saturated rings. The molecule has 2 aliphatic rings. The minimum atomic E-state index is -3.66. The number of aliphatic hydroxyl groups is 1. The highest BCUT2D eigenvalue weighted by Gasteiger charge is 2.39. The Kier molecular flexibility index (Phi) is 4.97. The summed E-state index contributed by atoms with van der Waals surface area (Å²) in [6.45, 7) is 0.823.